The number of benzene rings is 2. The minimum Gasteiger partial charge on any atom is -0.376 e. The molecule has 28 heavy (non-hydrogen) atoms. The van der Waals surface area contributed by atoms with E-state index in [4.69, 9.17) is 4.74 Å². The molecule has 0 spiro atoms. The molecule has 0 bridgehead atoms. The van der Waals surface area contributed by atoms with Crippen molar-refractivity contribution in [2.45, 2.75) is 31.4 Å². The SMILES string of the molecule is O=C(CC1COCc2ccccc21)N1CCCS(=O)(=O)CC1c1ccccc1. The van der Waals surface area contributed by atoms with E-state index in [0.717, 1.165) is 11.1 Å². The van der Waals surface area contributed by atoms with E-state index in [9.17, 15) is 13.2 Å². The van der Waals surface area contributed by atoms with Gasteiger partial charge in [0.2, 0.25) is 5.91 Å². The minimum atomic E-state index is -3.18. The van der Waals surface area contributed by atoms with Gasteiger partial charge in [-0.1, -0.05) is 54.6 Å². The molecule has 2 heterocycles. The van der Waals surface area contributed by atoms with Crippen LogP contribution in [0.25, 0.3) is 0 Å². The molecule has 5 nitrogen and oxygen atoms in total. The smallest absolute Gasteiger partial charge is 0.223 e. The molecule has 0 aromatic heterocycles. The summed E-state index contributed by atoms with van der Waals surface area (Å²) in [4.78, 5) is 15.1. The summed E-state index contributed by atoms with van der Waals surface area (Å²) in [6.07, 6.45) is 0.815. The van der Waals surface area contributed by atoms with Gasteiger partial charge in [-0.05, 0) is 23.1 Å². The number of nitrogens with zero attached hydrogens (tertiary/aromatic N) is 1. The van der Waals surface area contributed by atoms with Crippen LogP contribution in [0.1, 0.15) is 41.5 Å². The summed E-state index contributed by atoms with van der Waals surface area (Å²) >= 11 is 0. The van der Waals surface area contributed by atoms with Gasteiger partial charge in [0.1, 0.15) is 0 Å². The molecule has 0 saturated carbocycles. The monoisotopic (exact) mass is 399 g/mol. The first-order chi connectivity index (χ1) is 13.5. The number of carbonyl (C=O) groups excluding carboxylic acids is 1. The molecular formula is C22H25NO4S. The van der Waals surface area contributed by atoms with Crippen molar-refractivity contribution >= 4 is 15.7 Å². The summed E-state index contributed by atoms with van der Waals surface area (Å²) in [5.74, 6) is 0.126. The standard InChI is InChI=1S/C22H25NO4S/c24-22(13-19-15-27-14-18-9-4-5-10-20(18)19)23-11-6-12-28(25,26)16-21(23)17-7-2-1-3-8-17/h1-5,7-10,19,21H,6,11-16H2. The summed E-state index contributed by atoms with van der Waals surface area (Å²) in [6.45, 7) is 1.56. The van der Waals surface area contributed by atoms with Crippen LogP contribution in [0, 0.1) is 0 Å². The molecule has 2 atom stereocenters. The predicted molar refractivity (Wildman–Crippen MR) is 108 cm³/mol. The van der Waals surface area contributed by atoms with Gasteiger partial charge >= 0.3 is 0 Å². The van der Waals surface area contributed by atoms with E-state index in [-0.39, 0.29) is 23.3 Å². The fourth-order valence-corrected chi connectivity index (χ4v) is 5.83. The highest BCUT2D eigenvalue weighted by Crippen LogP contribution is 2.32. The second kappa shape index (κ2) is 8.05. The van der Waals surface area contributed by atoms with Crippen LogP contribution < -0.4 is 0 Å². The summed E-state index contributed by atoms with van der Waals surface area (Å²) in [5, 5.41) is 0. The third-order valence-electron chi connectivity index (χ3n) is 5.64. The second-order valence-corrected chi connectivity index (χ2v) is 9.83. The van der Waals surface area contributed by atoms with Crippen molar-refractivity contribution in [1.82, 2.24) is 4.90 Å². The van der Waals surface area contributed by atoms with Crippen molar-refractivity contribution in [1.29, 1.82) is 0 Å². The Morgan fingerprint density at radius 2 is 1.82 bits per heavy atom. The molecule has 2 aromatic carbocycles. The van der Waals surface area contributed by atoms with Crippen molar-refractivity contribution in [3.05, 3.63) is 71.3 Å². The Hall–Kier alpha value is -2.18. The van der Waals surface area contributed by atoms with Crippen LogP contribution in [-0.4, -0.2) is 43.9 Å². The van der Waals surface area contributed by atoms with E-state index in [1.165, 1.54) is 5.56 Å². The molecule has 2 aliphatic heterocycles. The van der Waals surface area contributed by atoms with Crippen molar-refractivity contribution in [3.63, 3.8) is 0 Å². The molecule has 0 radical (unpaired) electrons. The molecule has 4 rings (SSSR count). The van der Waals surface area contributed by atoms with E-state index in [1.54, 1.807) is 4.90 Å². The van der Waals surface area contributed by atoms with Crippen molar-refractivity contribution in [2.75, 3.05) is 24.7 Å². The molecule has 2 aromatic rings. The van der Waals surface area contributed by atoms with Gasteiger partial charge in [0.25, 0.3) is 0 Å². The van der Waals surface area contributed by atoms with Crippen molar-refractivity contribution < 1.29 is 17.9 Å². The highest BCUT2D eigenvalue weighted by atomic mass is 32.2. The van der Waals surface area contributed by atoms with Crippen LogP contribution in [0.2, 0.25) is 0 Å². The van der Waals surface area contributed by atoms with Gasteiger partial charge in [0.05, 0.1) is 30.8 Å². The topological polar surface area (TPSA) is 63.7 Å². The Bertz CT molecular complexity index is 942. The first-order valence-electron chi connectivity index (χ1n) is 9.74. The van der Waals surface area contributed by atoms with Gasteiger partial charge in [0.15, 0.2) is 9.84 Å². The molecular weight excluding hydrogens is 374 g/mol. The molecule has 2 aliphatic rings. The van der Waals surface area contributed by atoms with Gasteiger partial charge in [-0.15, -0.1) is 0 Å². The first-order valence-corrected chi connectivity index (χ1v) is 11.6. The Labute approximate surface area is 166 Å². The Balaban J connectivity index is 1.60. The predicted octanol–water partition coefficient (Wildman–Crippen LogP) is 3.08. The van der Waals surface area contributed by atoms with Gasteiger partial charge < -0.3 is 9.64 Å². The van der Waals surface area contributed by atoms with Crippen LogP contribution in [0.5, 0.6) is 0 Å². The van der Waals surface area contributed by atoms with Crippen LogP contribution in [-0.2, 0) is 26.0 Å². The molecule has 0 aliphatic carbocycles. The fraction of sp³-hybridized carbons (Fsp3) is 0.409. The maximum atomic E-state index is 13.3. The highest BCUT2D eigenvalue weighted by Gasteiger charge is 2.34. The number of rotatable bonds is 3. The number of hydrogen-bond acceptors (Lipinski definition) is 4. The lowest BCUT2D eigenvalue weighted by atomic mass is 9.90. The molecule has 148 valence electrons. The molecule has 1 amide bonds. The maximum absolute atomic E-state index is 13.3. The Morgan fingerprint density at radius 3 is 2.64 bits per heavy atom. The normalized spacial score (nSPS) is 24.2. The lowest BCUT2D eigenvalue weighted by Gasteiger charge is -2.32. The van der Waals surface area contributed by atoms with E-state index in [1.807, 2.05) is 48.5 Å². The summed E-state index contributed by atoms with van der Waals surface area (Å²) in [5.41, 5.74) is 3.17. The highest BCUT2D eigenvalue weighted by molar-refractivity contribution is 7.91. The van der Waals surface area contributed by atoms with E-state index < -0.39 is 15.9 Å². The van der Waals surface area contributed by atoms with Crippen LogP contribution in [0.15, 0.2) is 54.6 Å². The number of fused-ring (bicyclic) bond motifs is 1. The lowest BCUT2D eigenvalue weighted by Crippen LogP contribution is -2.38. The zero-order valence-electron chi connectivity index (χ0n) is 15.8. The van der Waals surface area contributed by atoms with E-state index in [2.05, 4.69) is 6.07 Å². The van der Waals surface area contributed by atoms with Gasteiger partial charge in [-0.3, -0.25) is 4.79 Å². The van der Waals surface area contributed by atoms with E-state index in [0.29, 0.717) is 32.6 Å². The van der Waals surface area contributed by atoms with Crippen LogP contribution in [0.3, 0.4) is 0 Å². The number of sulfone groups is 1. The lowest BCUT2D eigenvalue weighted by molar-refractivity contribution is -0.134. The molecule has 1 saturated heterocycles. The van der Waals surface area contributed by atoms with E-state index >= 15 is 0 Å². The van der Waals surface area contributed by atoms with Gasteiger partial charge in [-0.25, -0.2) is 8.42 Å². The first kappa shape index (κ1) is 19.2. The maximum Gasteiger partial charge on any atom is 0.223 e. The van der Waals surface area contributed by atoms with Crippen molar-refractivity contribution in [2.24, 2.45) is 0 Å². The van der Waals surface area contributed by atoms with Crippen molar-refractivity contribution in [3.8, 4) is 0 Å². The quantitative estimate of drug-likeness (QED) is 0.796. The second-order valence-electron chi connectivity index (χ2n) is 7.60. The average Bonchev–Trinajstić information content (AvgIpc) is 2.87. The Kier molecular flexibility index (Phi) is 5.51. The molecule has 2 unspecified atom stereocenters. The van der Waals surface area contributed by atoms with Crippen LogP contribution in [0.4, 0.5) is 0 Å². The average molecular weight is 400 g/mol. The summed E-state index contributed by atoms with van der Waals surface area (Å²) < 4.78 is 30.5. The molecule has 1 fully saturated rings. The number of ether oxygens (including phenoxy) is 1. The zero-order chi connectivity index (χ0) is 19.6. The molecule has 0 N–H and O–H groups in total. The minimum absolute atomic E-state index is 0.00347. The van der Waals surface area contributed by atoms with Crippen LogP contribution >= 0.6 is 0 Å². The fourth-order valence-electron chi connectivity index (χ4n) is 4.24. The summed E-state index contributed by atoms with van der Waals surface area (Å²) in [6, 6.07) is 17.1. The third kappa shape index (κ3) is 4.13. The molecule has 6 heteroatoms. The Morgan fingerprint density at radius 1 is 1.07 bits per heavy atom. The largest absolute Gasteiger partial charge is 0.376 e. The number of amides is 1. The third-order valence-corrected chi connectivity index (χ3v) is 7.37. The van der Waals surface area contributed by atoms with Gasteiger partial charge in [0, 0.05) is 18.9 Å². The number of carbonyl (C=O) groups is 1. The zero-order valence-corrected chi connectivity index (χ0v) is 16.6. The summed E-state index contributed by atoms with van der Waals surface area (Å²) in [7, 11) is -3.18. The van der Waals surface area contributed by atoms with Gasteiger partial charge in [-0.2, -0.15) is 0 Å². The number of hydrogen-bond donors (Lipinski definition) is 0.